The van der Waals surface area contributed by atoms with Gasteiger partial charge in [-0.15, -0.1) is 0 Å². The van der Waals surface area contributed by atoms with E-state index >= 15 is 0 Å². The van der Waals surface area contributed by atoms with Crippen molar-refractivity contribution in [3.05, 3.63) is 29.8 Å². The van der Waals surface area contributed by atoms with Crippen LogP contribution < -0.4 is 10.6 Å². The molecule has 1 unspecified atom stereocenters. The molecule has 1 aromatic rings. The molecule has 1 rings (SSSR count). The third-order valence-corrected chi connectivity index (χ3v) is 2.25. The highest BCUT2D eigenvalue weighted by atomic mass is 16.5. The molecule has 1 atom stereocenters. The SMILES string of the molecule is CNC(=O)C(OC)c1ccc(NC(C)=O)cc1. The van der Waals surface area contributed by atoms with Crippen LogP contribution >= 0.6 is 0 Å². The van der Waals surface area contributed by atoms with E-state index in [0.717, 1.165) is 5.56 Å². The smallest absolute Gasteiger partial charge is 0.253 e. The predicted molar refractivity (Wildman–Crippen MR) is 64.6 cm³/mol. The molecular formula is C12H16N2O3. The van der Waals surface area contributed by atoms with Crippen LogP contribution in [0, 0.1) is 0 Å². The van der Waals surface area contributed by atoms with Crippen LogP contribution in [0.15, 0.2) is 24.3 Å². The summed E-state index contributed by atoms with van der Waals surface area (Å²) in [6, 6.07) is 6.95. The molecule has 2 amide bonds. The average molecular weight is 236 g/mol. The molecule has 0 fully saturated rings. The highest BCUT2D eigenvalue weighted by molar-refractivity contribution is 5.88. The van der Waals surface area contributed by atoms with Gasteiger partial charge in [-0.2, -0.15) is 0 Å². The number of amides is 2. The fraction of sp³-hybridized carbons (Fsp3) is 0.333. The van der Waals surface area contributed by atoms with Gasteiger partial charge in [0.1, 0.15) is 0 Å². The lowest BCUT2D eigenvalue weighted by Crippen LogP contribution is -2.26. The Hall–Kier alpha value is -1.88. The molecule has 5 nitrogen and oxygen atoms in total. The second-order valence-corrected chi connectivity index (χ2v) is 3.53. The maximum Gasteiger partial charge on any atom is 0.253 e. The third-order valence-electron chi connectivity index (χ3n) is 2.25. The highest BCUT2D eigenvalue weighted by Crippen LogP contribution is 2.19. The van der Waals surface area contributed by atoms with Gasteiger partial charge in [0.15, 0.2) is 6.10 Å². The Kier molecular flexibility index (Phi) is 4.66. The normalized spacial score (nSPS) is 11.7. The van der Waals surface area contributed by atoms with Crippen molar-refractivity contribution in [1.82, 2.24) is 5.32 Å². The molecule has 92 valence electrons. The summed E-state index contributed by atoms with van der Waals surface area (Å²) >= 11 is 0. The van der Waals surface area contributed by atoms with Crippen LogP contribution in [-0.4, -0.2) is 26.0 Å². The lowest BCUT2D eigenvalue weighted by Gasteiger charge is -2.14. The minimum Gasteiger partial charge on any atom is -0.367 e. The predicted octanol–water partition coefficient (Wildman–Crippen LogP) is 1.08. The molecular weight excluding hydrogens is 220 g/mol. The van der Waals surface area contributed by atoms with Crippen molar-refractivity contribution >= 4 is 17.5 Å². The van der Waals surface area contributed by atoms with Crippen molar-refractivity contribution in [2.45, 2.75) is 13.0 Å². The van der Waals surface area contributed by atoms with Crippen molar-refractivity contribution in [2.24, 2.45) is 0 Å². The van der Waals surface area contributed by atoms with E-state index in [4.69, 9.17) is 4.74 Å². The number of carbonyl (C=O) groups excluding carboxylic acids is 2. The Morgan fingerprint density at radius 2 is 1.82 bits per heavy atom. The summed E-state index contributed by atoms with van der Waals surface area (Å²) in [7, 11) is 3.03. The summed E-state index contributed by atoms with van der Waals surface area (Å²) in [4.78, 5) is 22.3. The molecule has 0 spiro atoms. The van der Waals surface area contributed by atoms with Gasteiger partial charge in [0.05, 0.1) is 0 Å². The summed E-state index contributed by atoms with van der Waals surface area (Å²) in [5, 5.41) is 5.18. The number of carbonyl (C=O) groups is 2. The first-order valence-electron chi connectivity index (χ1n) is 5.20. The van der Waals surface area contributed by atoms with E-state index in [1.807, 2.05) is 0 Å². The summed E-state index contributed by atoms with van der Waals surface area (Å²) in [5.74, 6) is -0.341. The van der Waals surface area contributed by atoms with Gasteiger partial charge in [-0.05, 0) is 17.7 Å². The lowest BCUT2D eigenvalue weighted by atomic mass is 10.1. The second kappa shape index (κ2) is 6.00. The zero-order valence-corrected chi connectivity index (χ0v) is 10.1. The first-order chi connectivity index (χ1) is 8.08. The molecule has 0 aromatic heterocycles. The van der Waals surface area contributed by atoms with Gasteiger partial charge in [0, 0.05) is 26.8 Å². The van der Waals surface area contributed by atoms with Crippen molar-refractivity contribution in [3.8, 4) is 0 Å². The summed E-state index contributed by atoms with van der Waals surface area (Å²) in [6.07, 6.45) is -0.633. The van der Waals surface area contributed by atoms with Crippen LogP contribution in [0.2, 0.25) is 0 Å². The summed E-state index contributed by atoms with van der Waals surface area (Å²) in [5.41, 5.74) is 1.42. The van der Waals surface area contributed by atoms with Gasteiger partial charge in [-0.25, -0.2) is 0 Å². The van der Waals surface area contributed by atoms with Crippen LogP contribution in [0.25, 0.3) is 0 Å². The van der Waals surface area contributed by atoms with Gasteiger partial charge >= 0.3 is 0 Å². The Morgan fingerprint density at radius 1 is 1.24 bits per heavy atom. The van der Waals surface area contributed by atoms with E-state index < -0.39 is 6.10 Å². The number of benzene rings is 1. The van der Waals surface area contributed by atoms with Crippen LogP contribution in [0.4, 0.5) is 5.69 Å². The van der Waals surface area contributed by atoms with Gasteiger partial charge < -0.3 is 15.4 Å². The topological polar surface area (TPSA) is 67.4 Å². The fourth-order valence-corrected chi connectivity index (χ4v) is 1.47. The fourth-order valence-electron chi connectivity index (χ4n) is 1.47. The quantitative estimate of drug-likeness (QED) is 0.822. The molecule has 0 aliphatic heterocycles. The molecule has 0 saturated carbocycles. The van der Waals surface area contributed by atoms with Crippen LogP contribution in [0.3, 0.4) is 0 Å². The molecule has 0 radical (unpaired) electrons. The molecule has 1 aromatic carbocycles. The molecule has 2 N–H and O–H groups in total. The first-order valence-corrected chi connectivity index (χ1v) is 5.20. The van der Waals surface area contributed by atoms with Crippen LogP contribution in [-0.2, 0) is 14.3 Å². The number of methoxy groups -OCH3 is 1. The second-order valence-electron chi connectivity index (χ2n) is 3.53. The third kappa shape index (κ3) is 3.57. The van der Waals surface area contributed by atoms with E-state index in [0.29, 0.717) is 5.69 Å². The van der Waals surface area contributed by atoms with Crippen LogP contribution in [0.5, 0.6) is 0 Å². The molecule has 0 aliphatic rings. The van der Waals surface area contributed by atoms with E-state index in [9.17, 15) is 9.59 Å². The average Bonchev–Trinajstić information content (AvgIpc) is 2.31. The summed E-state index contributed by atoms with van der Waals surface area (Å²) < 4.78 is 5.11. The molecule has 17 heavy (non-hydrogen) atoms. The Morgan fingerprint density at radius 3 is 2.24 bits per heavy atom. The number of nitrogens with one attached hydrogen (secondary N) is 2. The maximum absolute atomic E-state index is 11.5. The van der Waals surface area contributed by atoms with E-state index in [2.05, 4.69) is 10.6 Å². The van der Waals surface area contributed by atoms with E-state index in [1.54, 1.807) is 31.3 Å². The lowest BCUT2D eigenvalue weighted by molar-refractivity contribution is -0.130. The molecule has 5 heteroatoms. The van der Waals surface area contributed by atoms with Gasteiger partial charge in [-0.1, -0.05) is 12.1 Å². The van der Waals surface area contributed by atoms with Crippen LogP contribution in [0.1, 0.15) is 18.6 Å². The van der Waals surface area contributed by atoms with Gasteiger partial charge in [0.2, 0.25) is 5.91 Å². The zero-order valence-electron chi connectivity index (χ0n) is 10.1. The minimum absolute atomic E-state index is 0.132. The van der Waals surface area contributed by atoms with Crippen molar-refractivity contribution in [1.29, 1.82) is 0 Å². The van der Waals surface area contributed by atoms with Gasteiger partial charge in [-0.3, -0.25) is 9.59 Å². The Bertz CT molecular complexity index is 401. The summed E-state index contributed by atoms with van der Waals surface area (Å²) in [6.45, 7) is 1.44. The number of hydrogen-bond acceptors (Lipinski definition) is 3. The Balaban J connectivity index is 2.85. The number of ether oxygens (including phenoxy) is 1. The van der Waals surface area contributed by atoms with Crippen molar-refractivity contribution in [3.63, 3.8) is 0 Å². The molecule has 0 saturated heterocycles. The number of hydrogen-bond donors (Lipinski definition) is 2. The van der Waals surface area contributed by atoms with E-state index in [-0.39, 0.29) is 11.8 Å². The van der Waals surface area contributed by atoms with Crippen molar-refractivity contribution in [2.75, 3.05) is 19.5 Å². The maximum atomic E-state index is 11.5. The molecule has 0 bridgehead atoms. The number of anilines is 1. The number of rotatable bonds is 4. The molecule has 0 aliphatic carbocycles. The van der Waals surface area contributed by atoms with E-state index in [1.165, 1.54) is 14.0 Å². The largest absolute Gasteiger partial charge is 0.367 e. The number of likely N-dealkylation sites (N-methyl/N-ethyl adjacent to an activating group) is 1. The van der Waals surface area contributed by atoms with Crippen molar-refractivity contribution < 1.29 is 14.3 Å². The first kappa shape index (κ1) is 13.2. The van der Waals surface area contributed by atoms with Gasteiger partial charge in [0.25, 0.3) is 5.91 Å². The highest BCUT2D eigenvalue weighted by Gasteiger charge is 2.18. The standard InChI is InChI=1S/C12H16N2O3/c1-8(15)14-10-6-4-9(5-7-10)11(17-3)12(16)13-2/h4-7,11H,1-3H3,(H,13,16)(H,14,15). The zero-order chi connectivity index (χ0) is 12.8. The molecule has 0 heterocycles. The minimum atomic E-state index is -0.633. The monoisotopic (exact) mass is 236 g/mol. The Labute approximate surface area is 100 Å².